The highest BCUT2D eigenvalue weighted by molar-refractivity contribution is 7.98. The lowest BCUT2D eigenvalue weighted by atomic mass is 10.0. The summed E-state index contributed by atoms with van der Waals surface area (Å²) >= 11 is 3.20. The average molecular weight is 389 g/mol. The Morgan fingerprint density at radius 3 is 2.41 bits per heavy atom. The minimum absolute atomic E-state index is 0.646. The molecule has 0 atom stereocenters. The normalized spacial score (nSPS) is 10.7. The molecule has 4 aromatic rings. The van der Waals surface area contributed by atoms with Crippen LogP contribution in [-0.2, 0) is 0 Å². The van der Waals surface area contributed by atoms with Gasteiger partial charge in [-0.3, -0.25) is 0 Å². The van der Waals surface area contributed by atoms with E-state index in [1.807, 2.05) is 60.9 Å². The SMILES string of the molecule is COc1ccc(-c2cc(SC)c(C#N)c3nc(-c4ccccc4)sc23)cc1. The topological polar surface area (TPSA) is 45.9 Å². The monoisotopic (exact) mass is 388 g/mol. The highest BCUT2D eigenvalue weighted by Crippen LogP contribution is 2.42. The van der Waals surface area contributed by atoms with Gasteiger partial charge in [0.25, 0.3) is 0 Å². The molecule has 1 heterocycles. The molecular weight excluding hydrogens is 372 g/mol. The molecule has 5 heteroatoms. The van der Waals surface area contributed by atoms with E-state index in [2.05, 4.69) is 12.1 Å². The number of hydrogen-bond acceptors (Lipinski definition) is 5. The molecular formula is C22H16N2OS2. The molecule has 132 valence electrons. The number of rotatable bonds is 4. The number of benzene rings is 3. The Bertz CT molecular complexity index is 1140. The summed E-state index contributed by atoms with van der Waals surface area (Å²) in [7, 11) is 1.66. The van der Waals surface area contributed by atoms with Gasteiger partial charge < -0.3 is 4.74 Å². The van der Waals surface area contributed by atoms with Crippen LogP contribution in [0.1, 0.15) is 5.56 Å². The molecule has 0 aliphatic carbocycles. The Hall–Kier alpha value is -2.81. The van der Waals surface area contributed by atoms with Crippen LogP contribution in [0.15, 0.2) is 65.6 Å². The maximum Gasteiger partial charge on any atom is 0.124 e. The van der Waals surface area contributed by atoms with Crippen LogP contribution in [-0.4, -0.2) is 18.3 Å². The van der Waals surface area contributed by atoms with Crippen molar-refractivity contribution in [3.8, 4) is 33.5 Å². The van der Waals surface area contributed by atoms with Gasteiger partial charge in [-0.25, -0.2) is 4.98 Å². The number of nitriles is 1. The molecule has 0 fully saturated rings. The van der Waals surface area contributed by atoms with E-state index in [1.165, 1.54) is 0 Å². The summed E-state index contributed by atoms with van der Waals surface area (Å²) in [4.78, 5) is 5.79. The summed E-state index contributed by atoms with van der Waals surface area (Å²) in [5.74, 6) is 0.822. The van der Waals surface area contributed by atoms with Crippen molar-refractivity contribution in [3.63, 3.8) is 0 Å². The van der Waals surface area contributed by atoms with E-state index >= 15 is 0 Å². The molecule has 0 N–H and O–H groups in total. The van der Waals surface area contributed by atoms with Gasteiger partial charge in [0.2, 0.25) is 0 Å². The van der Waals surface area contributed by atoms with Gasteiger partial charge in [-0.15, -0.1) is 23.1 Å². The molecule has 0 aliphatic rings. The number of thiazole rings is 1. The number of ether oxygens (including phenoxy) is 1. The van der Waals surface area contributed by atoms with Crippen LogP contribution in [0.4, 0.5) is 0 Å². The van der Waals surface area contributed by atoms with Crippen molar-refractivity contribution in [2.24, 2.45) is 0 Å². The van der Waals surface area contributed by atoms with Crippen molar-refractivity contribution >= 4 is 33.3 Å². The van der Waals surface area contributed by atoms with Gasteiger partial charge in [0.1, 0.15) is 22.3 Å². The second-order valence-corrected chi connectivity index (χ2v) is 7.75. The molecule has 0 aliphatic heterocycles. The standard InChI is InChI=1S/C22H16N2OS2/c1-25-16-10-8-14(9-11-16)17-12-19(26-2)18(13-23)20-21(17)27-22(24-20)15-6-4-3-5-7-15/h3-12H,1-2H3. The van der Waals surface area contributed by atoms with Crippen LogP contribution in [0, 0.1) is 11.3 Å². The average Bonchev–Trinajstić information content (AvgIpc) is 3.18. The lowest BCUT2D eigenvalue weighted by molar-refractivity contribution is 0.415. The molecule has 0 saturated carbocycles. The number of methoxy groups -OCH3 is 1. The molecule has 3 aromatic carbocycles. The van der Waals surface area contributed by atoms with Gasteiger partial charge in [-0.05, 0) is 30.0 Å². The third kappa shape index (κ3) is 3.18. The maximum atomic E-state index is 9.74. The van der Waals surface area contributed by atoms with Crippen LogP contribution < -0.4 is 4.74 Å². The predicted octanol–water partition coefficient (Wildman–Crippen LogP) is 6.23. The molecule has 1 aromatic heterocycles. The number of fused-ring (bicyclic) bond motifs is 1. The second kappa shape index (κ2) is 7.43. The molecule has 0 unspecified atom stereocenters. The Labute approximate surface area is 166 Å². The van der Waals surface area contributed by atoms with Gasteiger partial charge in [0.15, 0.2) is 0 Å². The van der Waals surface area contributed by atoms with Crippen LogP contribution in [0.25, 0.3) is 31.9 Å². The third-order valence-corrected chi connectivity index (χ3v) is 6.28. The van der Waals surface area contributed by atoms with Gasteiger partial charge in [-0.1, -0.05) is 42.5 Å². The van der Waals surface area contributed by atoms with E-state index in [1.54, 1.807) is 30.2 Å². The van der Waals surface area contributed by atoms with Crippen molar-refractivity contribution < 1.29 is 4.74 Å². The summed E-state index contributed by atoms with van der Waals surface area (Å²) < 4.78 is 6.31. The van der Waals surface area contributed by atoms with E-state index in [9.17, 15) is 5.26 Å². The zero-order chi connectivity index (χ0) is 18.8. The lowest BCUT2D eigenvalue weighted by Gasteiger charge is -2.09. The van der Waals surface area contributed by atoms with Gasteiger partial charge >= 0.3 is 0 Å². The van der Waals surface area contributed by atoms with Crippen molar-refractivity contribution in [3.05, 3.63) is 66.2 Å². The summed E-state index contributed by atoms with van der Waals surface area (Å²) in [5, 5.41) is 10.7. The van der Waals surface area contributed by atoms with Crippen molar-refractivity contribution in [1.82, 2.24) is 4.98 Å². The van der Waals surface area contributed by atoms with Gasteiger partial charge in [0.05, 0.1) is 17.4 Å². The summed E-state index contributed by atoms with van der Waals surface area (Å²) in [5.41, 5.74) is 4.67. The highest BCUT2D eigenvalue weighted by Gasteiger charge is 2.18. The van der Waals surface area contributed by atoms with Crippen molar-refractivity contribution in [2.45, 2.75) is 4.90 Å². The first kappa shape index (κ1) is 17.6. The summed E-state index contributed by atoms with van der Waals surface area (Å²) in [6, 6.07) is 22.6. The number of thioether (sulfide) groups is 1. The van der Waals surface area contributed by atoms with E-state index in [-0.39, 0.29) is 0 Å². The van der Waals surface area contributed by atoms with Crippen LogP contribution >= 0.6 is 23.1 Å². The fourth-order valence-corrected chi connectivity index (χ4v) is 4.71. The van der Waals surface area contributed by atoms with Crippen LogP contribution in [0.3, 0.4) is 0 Å². The first-order valence-corrected chi connectivity index (χ1v) is 10.4. The second-order valence-electron chi connectivity index (χ2n) is 5.90. The molecule has 0 amide bonds. The minimum atomic E-state index is 0.646. The van der Waals surface area contributed by atoms with Crippen LogP contribution in [0.5, 0.6) is 5.75 Å². The molecule has 0 spiro atoms. The Kier molecular flexibility index (Phi) is 4.85. The molecule has 3 nitrogen and oxygen atoms in total. The first-order chi connectivity index (χ1) is 13.2. The highest BCUT2D eigenvalue weighted by atomic mass is 32.2. The van der Waals surface area contributed by atoms with E-state index < -0.39 is 0 Å². The Morgan fingerprint density at radius 2 is 1.78 bits per heavy atom. The summed E-state index contributed by atoms with van der Waals surface area (Å²) in [6.45, 7) is 0. The predicted molar refractivity (Wildman–Crippen MR) is 114 cm³/mol. The molecule has 4 rings (SSSR count). The fraction of sp³-hybridized carbons (Fsp3) is 0.0909. The van der Waals surface area contributed by atoms with Crippen molar-refractivity contribution in [1.29, 1.82) is 5.26 Å². The molecule has 27 heavy (non-hydrogen) atoms. The first-order valence-electron chi connectivity index (χ1n) is 8.36. The third-order valence-electron chi connectivity index (χ3n) is 4.38. The van der Waals surface area contributed by atoms with Gasteiger partial charge in [0, 0.05) is 16.0 Å². The molecule has 0 saturated heterocycles. The molecule has 0 radical (unpaired) electrons. The maximum absolute atomic E-state index is 9.74. The number of hydrogen-bond donors (Lipinski definition) is 0. The molecule has 0 bridgehead atoms. The zero-order valence-electron chi connectivity index (χ0n) is 14.9. The number of nitrogens with zero attached hydrogens (tertiary/aromatic N) is 2. The lowest BCUT2D eigenvalue weighted by Crippen LogP contribution is -1.88. The fourth-order valence-electron chi connectivity index (χ4n) is 3.02. The van der Waals surface area contributed by atoms with E-state index in [0.29, 0.717) is 5.56 Å². The van der Waals surface area contributed by atoms with Crippen molar-refractivity contribution in [2.75, 3.05) is 13.4 Å². The van der Waals surface area contributed by atoms with E-state index in [0.717, 1.165) is 42.6 Å². The number of aromatic nitrogens is 1. The Balaban J connectivity index is 2.00. The minimum Gasteiger partial charge on any atom is -0.497 e. The van der Waals surface area contributed by atoms with Gasteiger partial charge in [-0.2, -0.15) is 5.26 Å². The smallest absolute Gasteiger partial charge is 0.124 e. The quantitative estimate of drug-likeness (QED) is 0.389. The zero-order valence-corrected chi connectivity index (χ0v) is 16.5. The summed E-state index contributed by atoms with van der Waals surface area (Å²) in [6.07, 6.45) is 1.99. The van der Waals surface area contributed by atoms with Crippen LogP contribution in [0.2, 0.25) is 0 Å². The van der Waals surface area contributed by atoms with E-state index in [4.69, 9.17) is 9.72 Å². The largest absolute Gasteiger partial charge is 0.497 e. The Morgan fingerprint density at radius 1 is 1.04 bits per heavy atom.